The lowest BCUT2D eigenvalue weighted by molar-refractivity contribution is -0.120. The summed E-state index contributed by atoms with van der Waals surface area (Å²) in [4.78, 5) is 12.7. The molecule has 1 amide bonds. The highest BCUT2D eigenvalue weighted by Crippen LogP contribution is 2.25. The van der Waals surface area contributed by atoms with E-state index in [0.717, 1.165) is 19.3 Å². The number of sulfone groups is 1. The summed E-state index contributed by atoms with van der Waals surface area (Å²) < 4.78 is 25.0. The van der Waals surface area contributed by atoms with Crippen LogP contribution in [0.1, 0.15) is 31.2 Å². The zero-order valence-electron chi connectivity index (χ0n) is 15.0. The first-order chi connectivity index (χ1) is 12.4. The molecule has 27 heavy (non-hydrogen) atoms. The first kappa shape index (κ1) is 21.4. The van der Waals surface area contributed by atoms with Crippen molar-refractivity contribution in [3.63, 3.8) is 0 Å². The molecule has 0 heterocycles. The summed E-state index contributed by atoms with van der Waals surface area (Å²) in [5.41, 5.74) is 7.22. The summed E-state index contributed by atoms with van der Waals surface area (Å²) in [5.74, 6) is -0.214. The second-order valence-electron chi connectivity index (χ2n) is 6.89. The van der Waals surface area contributed by atoms with Crippen LogP contribution in [0.25, 0.3) is 0 Å². The molecule has 0 saturated heterocycles. The molecule has 1 saturated carbocycles. The zero-order valence-corrected chi connectivity index (χ0v) is 16.6. The highest BCUT2D eigenvalue weighted by atomic mass is 35.5. The van der Waals surface area contributed by atoms with Gasteiger partial charge in [0.1, 0.15) is 0 Å². The van der Waals surface area contributed by atoms with E-state index in [1.165, 1.54) is 0 Å². The Kier molecular flexibility index (Phi) is 7.41. The third kappa shape index (κ3) is 5.79. The number of halogens is 1. The molecular formula is C20H25ClN2O3S. The third-order valence-corrected chi connectivity index (χ3v) is 6.44. The van der Waals surface area contributed by atoms with Crippen molar-refractivity contribution in [3.05, 3.63) is 60.2 Å². The first-order valence-electron chi connectivity index (χ1n) is 8.87. The van der Waals surface area contributed by atoms with E-state index >= 15 is 0 Å². The Morgan fingerprint density at radius 2 is 1.81 bits per heavy atom. The van der Waals surface area contributed by atoms with Crippen LogP contribution < -0.4 is 11.1 Å². The maximum Gasteiger partial charge on any atom is 0.227 e. The number of anilines is 1. The monoisotopic (exact) mass is 408 g/mol. The van der Waals surface area contributed by atoms with E-state index < -0.39 is 9.84 Å². The molecule has 1 aliphatic rings. The van der Waals surface area contributed by atoms with Gasteiger partial charge >= 0.3 is 0 Å². The summed E-state index contributed by atoms with van der Waals surface area (Å²) in [6.07, 6.45) is 3.49. The van der Waals surface area contributed by atoms with E-state index in [9.17, 15) is 13.2 Å². The molecule has 2 atom stereocenters. The van der Waals surface area contributed by atoms with Crippen LogP contribution in [0.5, 0.6) is 0 Å². The van der Waals surface area contributed by atoms with Crippen molar-refractivity contribution in [2.45, 2.75) is 42.4 Å². The highest BCUT2D eigenvalue weighted by molar-refractivity contribution is 7.90. The van der Waals surface area contributed by atoms with Gasteiger partial charge in [0.05, 0.1) is 10.6 Å². The molecule has 3 rings (SSSR count). The topological polar surface area (TPSA) is 89.3 Å². The molecule has 0 radical (unpaired) electrons. The van der Waals surface area contributed by atoms with Crippen molar-refractivity contribution in [3.8, 4) is 0 Å². The van der Waals surface area contributed by atoms with Gasteiger partial charge in [0.25, 0.3) is 0 Å². The number of amides is 1. The third-order valence-electron chi connectivity index (χ3n) is 4.74. The molecule has 2 aromatic rings. The van der Waals surface area contributed by atoms with Crippen LogP contribution in [-0.4, -0.2) is 20.4 Å². The van der Waals surface area contributed by atoms with Crippen LogP contribution in [0.15, 0.2) is 59.5 Å². The Morgan fingerprint density at radius 1 is 1.07 bits per heavy atom. The molecular weight excluding hydrogens is 384 g/mol. The summed E-state index contributed by atoms with van der Waals surface area (Å²) in [6.45, 7) is 0. The van der Waals surface area contributed by atoms with Crippen molar-refractivity contribution >= 4 is 33.8 Å². The number of nitrogens with one attached hydrogen (secondary N) is 1. The first-order valence-corrected chi connectivity index (χ1v) is 10.5. The maximum absolute atomic E-state index is 12.5. The summed E-state index contributed by atoms with van der Waals surface area (Å²) in [5, 5.41) is 2.91. The van der Waals surface area contributed by atoms with Gasteiger partial charge in [-0.05, 0) is 49.1 Å². The van der Waals surface area contributed by atoms with Crippen LogP contribution in [0, 0.1) is 5.92 Å². The average molecular weight is 409 g/mol. The molecule has 0 aliphatic heterocycles. The number of benzene rings is 2. The standard InChI is InChI=1S/C20H24N2O3S.ClH/c21-17-8-5-7-16(13-17)20(23)22-18-9-4-6-15(12-18)14-26(24,25)19-10-2-1-3-11-19;/h1-4,6,9-12,16-17H,5,7-8,13-14,21H2,(H,22,23);1H. The second-order valence-corrected chi connectivity index (χ2v) is 8.87. The van der Waals surface area contributed by atoms with Gasteiger partial charge in [-0.15, -0.1) is 12.4 Å². The average Bonchev–Trinajstić information content (AvgIpc) is 2.62. The van der Waals surface area contributed by atoms with E-state index in [4.69, 9.17) is 5.73 Å². The lowest BCUT2D eigenvalue weighted by Crippen LogP contribution is -2.34. The van der Waals surface area contributed by atoms with Gasteiger partial charge in [-0.1, -0.05) is 36.8 Å². The van der Waals surface area contributed by atoms with Crippen LogP contribution in [0.2, 0.25) is 0 Å². The number of nitrogens with two attached hydrogens (primary N) is 1. The number of carbonyl (C=O) groups excluding carboxylic acids is 1. The van der Waals surface area contributed by atoms with Gasteiger partial charge in [-0.2, -0.15) is 0 Å². The van der Waals surface area contributed by atoms with Crippen LogP contribution >= 0.6 is 12.4 Å². The molecule has 7 heteroatoms. The van der Waals surface area contributed by atoms with Gasteiger partial charge in [-0.3, -0.25) is 4.79 Å². The predicted molar refractivity (Wildman–Crippen MR) is 110 cm³/mol. The van der Waals surface area contributed by atoms with Gasteiger partial charge in [0, 0.05) is 17.6 Å². The van der Waals surface area contributed by atoms with Crippen LogP contribution in [0.4, 0.5) is 5.69 Å². The van der Waals surface area contributed by atoms with Gasteiger partial charge in [-0.25, -0.2) is 8.42 Å². The number of rotatable bonds is 5. The quantitative estimate of drug-likeness (QED) is 0.791. The van der Waals surface area contributed by atoms with Crippen molar-refractivity contribution in [2.24, 2.45) is 11.7 Å². The normalized spacial score (nSPS) is 19.7. The molecule has 1 fully saturated rings. The van der Waals surface area contributed by atoms with Crippen molar-refractivity contribution < 1.29 is 13.2 Å². The molecule has 146 valence electrons. The van der Waals surface area contributed by atoms with Crippen LogP contribution in [0.3, 0.4) is 0 Å². The fraction of sp³-hybridized carbons (Fsp3) is 0.350. The Labute approximate surface area is 166 Å². The van der Waals surface area contributed by atoms with E-state index in [1.807, 2.05) is 0 Å². The van der Waals surface area contributed by atoms with E-state index in [1.54, 1.807) is 54.6 Å². The SMILES string of the molecule is Cl.NC1CCCC(C(=O)Nc2cccc(CS(=O)(=O)c3ccccc3)c2)C1. The molecule has 2 unspecified atom stereocenters. The fourth-order valence-electron chi connectivity index (χ4n) is 3.38. The largest absolute Gasteiger partial charge is 0.328 e. The van der Waals surface area contributed by atoms with E-state index in [2.05, 4.69) is 5.32 Å². The number of carbonyl (C=O) groups is 1. The molecule has 0 bridgehead atoms. The summed E-state index contributed by atoms with van der Waals surface area (Å²) in [7, 11) is -3.42. The Balaban J connectivity index is 0.00000261. The summed E-state index contributed by atoms with van der Waals surface area (Å²) in [6, 6.07) is 15.5. The van der Waals surface area contributed by atoms with Crippen molar-refractivity contribution in [1.29, 1.82) is 0 Å². The Morgan fingerprint density at radius 3 is 2.52 bits per heavy atom. The van der Waals surface area contributed by atoms with Gasteiger partial charge < -0.3 is 11.1 Å². The second kappa shape index (κ2) is 9.35. The Hall–Kier alpha value is -1.89. The zero-order chi connectivity index (χ0) is 18.6. The molecule has 0 aromatic heterocycles. The lowest BCUT2D eigenvalue weighted by Gasteiger charge is -2.25. The lowest BCUT2D eigenvalue weighted by atomic mass is 9.85. The van der Waals surface area contributed by atoms with E-state index in [0.29, 0.717) is 22.6 Å². The summed E-state index contributed by atoms with van der Waals surface area (Å²) >= 11 is 0. The van der Waals surface area contributed by atoms with E-state index in [-0.39, 0.29) is 36.0 Å². The molecule has 0 spiro atoms. The predicted octanol–water partition coefficient (Wildman–Crippen LogP) is 3.54. The molecule has 3 N–H and O–H groups in total. The minimum Gasteiger partial charge on any atom is -0.328 e. The highest BCUT2D eigenvalue weighted by Gasteiger charge is 2.25. The maximum atomic E-state index is 12.5. The fourth-order valence-corrected chi connectivity index (χ4v) is 4.74. The molecule has 5 nitrogen and oxygen atoms in total. The number of hydrogen-bond acceptors (Lipinski definition) is 4. The minimum atomic E-state index is -3.42. The molecule has 2 aromatic carbocycles. The van der Waals surface area contributed by atoms with Gasteiger partial charge in [0.2, 0.25) is 5.91 Å². The van der Waals surface area contributed by atoms with Crippen molar-refractivity contribution in [1.82, 2.24) is 0 Å². The minimum absolute atomic E-state index is 0. The van der Waals surface area contributed by atoms with Crippen LogP contribution in [-0.2, 0) is 20.4 Å². The smallest absolute Gasteiger partial charge is 0.227 e. The van der Waals surface area contributed by atoms with Gasteiger partial charge in [0.15, 0.2) is 9.84 Å². The molecule has 1 aliphatic carbocycles. The Bertz CT molecular complexity index is 872. The number of hydrogen-bond donors (Lipinski definition) is 2. The van der Waals surface area contributed by atoms with Crippen molar-refractivity contribution in [2.75, 3.05) is 5.32 Å².